The fourth-order valence-corrected chi connectivity index (χ4v) is 1.11. The third kappa shape index (κ3) is 1.95. The molecule has 1 aromatic heterocycles. The monoisotopic (exact) mass is 230 g/mol. The highest BCUT2D eigenvalue weighted by molar-refractivity contribution is 5.91. The lowest BCUT2D eigenvalue weighted by molar-refractivity contribution is 0.0582. The lowest BCUT2D eigenvalue weighted by Crippen LogP contribution is -2.12. The summed E-state index contributed by atoms with van der Waals surface area (Å²) in [5, 5.41) is 8.52. The summed E-state index contributed by atoms with van der Waals surface area (Å²) in [6.45, 7) is 0. The maximum Gasteiger partial charge on any atom is 0.341 e. The van der Waals surface area contributed by atoms with Gasteiger partial charge in [-0.05, 0) is 0 Å². The van der Waals surface area contributed by atoms with Crippen LogP contribution in [0.25, 0.3) is 0 Å². The first-order valence-corrected chi connectivity index (χ1v) is 3.97. The zero-order chi connectivity index (χ0) is 12.3. The van der Waals surface area contributed by atoms with Gasteiger partial charge in [-0.25, -0.2) is 22.9 Å². The van der Waals surface area contributed by atoms with Crippen molar-refractivity contribution in [3.63, 3.8) is 0 Å². The molecule has 7 heteroatoms. The van der Waals surface area contributed by atoms with Gasteiger partial charge in [0, 0.05) is 0 Å². The van der Waals surface area contributed by atoms with Crippen LogP contribution in [0.5, 0.6) is 0 Å². The summed E-state index contributed by atoms with van der Waals surface area (Å²) < 4.78 is 42.5. The Morgan fingerprint density at radius 3 is 2.69 bits per heavy atom. The van der Waals surface area contributed by atoms with E-state index in [0.717, 1.165) is 7.11 Å². The molecule has 0 N–H and O–H groups in total. The van der Waals surface area contributed by atoms with Crippen LogP contribution in [0.2, 0.25) is 0 Å². The van der Waals surface area contributed by atoms with E-state index in [1.165, 1.54) is 6.07 Å². The van der Waals surface area contributed by atoms with E-state index in [1.807, 2.05) is 0 Å². The van der Waals surface area contributed by atoms with Crippen LogP contribution in [0.1, 0.15) is 28.0 Å². The van der Waals surface area contributed by atoms with Crippen molar-refractivity contribution in [1.29, 1.82) is 5.26 Å². The molecule has 0 radical (unpaired) electrons. The highest BCUT2D eigenvalue weighted by atomic mass is 19.3. The van der Waals surface area contributed by atoms with Gasteiger partial charge in [-0.1, -0.05) is 0 Å². The van der Waals surface area contributed by atoms with E-state index in [1.54, 1.807) is 0 Å². The smallest absolute Gasteiger partial charge is 0.341 e. The molecule has 1 aromatic rings. The lowest BCUT2D eigenvalue weighted by Gasteiger charge is -2.08. The summed E-state index contributed by atoms with van der Waals surface area (Å²) in [6.07, 6.45) is -2.66. The Labute approximate surface area is 88.3 Å². The number of carbonyl (C=O) groups excluding carboxylic acids is 1. The van der Waals surface area contributed by atoms with Gasteiger partial charge >= 0.3 is 5.97 Å². The van der Waals surface area contributed by atoms with Crippen molar-refractivity contribution in [2.24, 2.45) is 0 Å². The molecule has 1 rings (SSSR count). The second-order valence-corrected chi connectivity index (χ2v) is 2.65. The fourth-order valence-electron chi connectivity index (χ4n) is 1.11. The zero-order valence-corrected chi connectivity index (χ0v) is 8.00. The van der Waals surface area contributed by atoms with E-state index in [-0.39, 0.29) is 0 Å². The van der Waals surface area contributed by atoms with E-state index in [9.17, 15) is 18.0 Å². The fraction of sp³-hybridized carbons (Fsp3) is 0.222. The van der Waals surface area contributed by atoms with Crippen molar-refractivity contribution in [3.8, 4) is 6.07 Å². The normalized spacial score (nSPS) is 10.0. The van der Waals surface area contributed by atoms with Crippen LogP contribution in [0.15, 0.2) is 6.20 Å². The summed E-state index contributed by atoms with van der Waals surface area (Å²) in [6, 6.07) is 1.36. The molecule has 0 bridgehead atoms. The van der Waals surface area contributed by atoms with Crippen molar-refractivity contribution in [3.05, 3.63) is 28.8 Å². The third-order valence-electron chi connectivity index (χ3n) is 1.78. The standard InChI is InChI=1S/C9H5F3N2O2/c1-16-9(15)6-4(10)3-14-5(2-13)7(6)8(11)12/h3,8H,1H3. The maximum atomic E-state index is 13.2. The number of ether oxygens (including phenoxy) is 1. The zero-order valence-electron chi connectivity index (χ0n) is 8.00. The number of nitrogens with zero attached hydrogens (tertiary/aromatic N) is 2. The molecule has 0 atom stereocenters. The van der Waals surface area contributed by atoms with Crippen LogP contribution in [-0.4, -0.2) is 18.1 Å². The SMILES string of the molecule is COC(=O)c1c(F)cnc(C#N)c1C(F)F. The van der Waals surface area contributed by atoms with Crippen LogP contribution in [0, 0.1) is 17.1 Å². The first-order chi connectivity index (χ1) is 7.52. The molecule has 16 heavy (non-hydrogen) atoms. The molecule has 0 saturated carbocycles. The summed E-state index contributed by atoms with van der Waals surface area (Å²) in [5.41, 5.74) is -2.70. The molecule has 1 heterocycles. The molecule has 0 saturated heterocycles. The Bertz CT molecular complexity index is 469. The van der Waals surface area contributed by atoms with E-state index in [2.05, 4.69) is 9.72 Å². The lowest BCUT2D eigenvalue weighted by atomic mass is 10.1. The molecular weight excluding hydrogens is 225 g/mol. The highest BCUT2D eigenvalue weighted by Gasteiger charge is 2.27. The van der Waals surface area contributed by atoms with Gasteiger partial charge in [0.15, 0.2) is 5.82 Å². The van der Waals surface area contributed by atoms with Crippen LogP contribution in [0.4, 0.5) is 13.2 Å². The first kappa shape index (κ1) is 12.0. The van der Waals surface area contributed by atoms with Gasteiger partial charge in [-0.3, -0.25) is 0 Å². The Kier molecular flexibility index (Phi) is 3.45. The number of pyridine rings is 1. The molecule has 4 nitrogen and oxygen atoms in total. The number of hydrogen-bond acceptors (Lipinski definition) is 4. The van der Waals surface area contributed by atoms with Crippen LogP contribution in [-0.2, 0) is 4.74 Å². The van der Waals surface area contributed by atoms with Crippen LogP contribution in [0.3, 0.4) is 0 Å². The largest absolute Gasteiger partial charge is 0.465 e. The predicted molar refractivity (Wildman–Crippen MR) is 45.2 cm³/mol. The van der Waals surface area contributed by atoms with E-state index < -0.39 is 35.0 Å². The van der Waals surface area contributed by atoms with Crippen molar-refractivity contribution >= 4 is 5.97 Å². The van der Waals surface area contributed by atoms with E-state index in [4.69, 9.17) is 5.26 Å². The first-order valence-electron chi connectivity index (χ1n) is 3.97. The molecule has 0 aromatic carbocycles. The number of aromatic nitrogens is 1. The summed E-state index contributed by atoms with van der Waals surface area (Å²) in [5.74, 6) is -2.52. The second-order valence-electron chi connectivity index (χ2n) is 2.65. The molecule has 84 valence electrons. The van der Waals surface area contributed by atoms with Crippen molar-refractivity contribution in [1.82, 2.24) is 4.98 Å². The minimum absolute atomic E-state index is 0.524. The Morgan fingerprint density at radius 2 is 2.25 bits per heavy atom. The van der Waals surface area contributed by atoms with Gasteiger partial charge in [-0.15, -0.1) is 0 Å². The van der Waals surface area contributed by atoms with Crippen LogP contribution < -0.4 is 0 Å². The molecule has 0 aliphatic carbocycles. The van der Waals surface area contributed by atoms with Gasteiger partial charge in [0.1, 0.15) is 17.3 Å². The van der Waals surface area contributed by atoms with Crippen molar-refractivity contribution in [2.75, 3.05) is 7.11 Å². The number of rotatable bonds is 2. The van der Waals surface area contributed by atoms with Gasteiger partial charge in [0.25, 0.3) is 6.43 Å². The van der Waals surface area contributed by atoms with E-state index in [0.29, 0.717) is 6.20 Å². The Balaban J connectivity index is 3.56. The number of halogens is 3. The molecule has 0 spiro atoms. The molecular formula is C9H5F3N2O2. The van der Waals surface area contributed by atoms with Crippen molar-refractivity contribution < 1.29 is 22.7 Å². The van der Waals surface area contributed by atoms with Crippen molar-refractivity contribution in [2.45, 2.75) is 6.43 Å². The maximum absolute atomic E-state index is 13.2. The molecule has 0 aliphatic rings. The Hall–Kier alpha value is -2.10. The van der Waals surface area contributed by atoms with Gasteiger partial charge in [0.2, 0.25) is 0 Å². The number of nitriles is 1. The Morgan fingerprint density at radius 1 is 1.62 bits per heavy atom. The number of hydrogen-bond donors (Lipinski definition) is 0. The molecule has 0 fully saturated rings. The molecule has 0 amide bonds. The van der Waals surface area contributed by atoms with Gasteiger partial charge < -0.3 is 4.74 Å². The second kappa shape index (κ2) is 4.61. The quantitative estimate of drug-likeness (QED) is 0.727. The average Bonchev–Trinajstić information content (AvgIpc) is 2.27. The van der Waals surface area contributed by atoms with Gasteiger partial charge in [0.05, 0.1) is 18.9 Å². The highest BCUT2D eigenvalue weighted by Crippen LogP contribution is 2.27. The minimum Gasteiger partial charge on any atom is -0.465 e. The number of carbonyl (C=O) groups is 1. The van der Waals surface area contributed by atoms with Gasteiger partial charge in [-0.2, -0.15) is 5.26 Å². The molecule has 0 aliphatic heterocycles. The predicted octanol–water partition coefficient (Wildman–Crippen LogP) is 1.82. The molecule has 0 unspecified atom stereocenters. The minimum atomic E-state index is -3.19. The number of esters is 1. The number of methoxy groups -OCH3 is 1. The average molecular weight is 230 g/mol. The summed E-state index contributed by atoms with van der Waals surface area (Å²) in [7, 11) is 0.920. The summed E-state index contributed by atoms with van der Waals surface area (Å²) in [4.78, 5) is 14.3. The summed E-state index contributed by atoms with van der Waals surface area (Å²) >= 11 is 0. The van der Waals surface area contributed by atoms with Crippen LogP contribution >= 0.6 is 0 Å². The van der Waals surface area contributed by atoms with E-state index >= 15 is 0 Å². The number of alkyl halides is 2. The topological polar surface area (TPSA) is 63.0 Å². The third-order valence-corrected chi connectivity index (χ3v) is 1.78.